The van der Waals surface area contributed by atoms with Crippen LogP contribution in [0, 0.1) is 13.8 Å². The smallest absolute Gasteiger partial charge is 0.261 e. The maximum Gasteiger partial charge on any atom is 0.261 e. The summed E-state index contributed by atoms with van der Waals surface area (Å²) in [5, 5.41) is 2.80. The molecule has 0 aliphatic rings. The molecule has 2 N–H and O–H groups in total. The van der Waals surface area contributed by atoms with E-state index < -0.39 is 10.0 Å². The minimum absolute atomic E-state index is 0.171. The third-order valence-corrected chi connectivity index (χ3v) is 6.10. The maximum atomic E-state index is 12.7. The van der Waals surface area contributed by atoms with E-state index in [4.69, 9.17) is 9.47 Å². The van der Waals surface area contributed by atoms with Crippen molar-refractivity contribution in [3.63, 3.8) is 0 Å². The Labute approximate surface area is 182 Å². The van der Waals surface area contributed by atoms with Gasteiger partial charge in [0.15, 0.2) is 0 Å². The minimum atomic E-state index is -3.73. The largest absolute Gasteiger partial charge is 0.497 e. The first-order chi connectivity index (χ1) is 14.7. The molecule has 3 aromatic carbocycles. The fourth-order valence-corrected chi connectivity index (χ4v) is 4.08. The van der Waals surface area contributed by atoms with Gasteiger partial charge in [0.1, 0.15) is 11.5 Å². The van der Waals surface area contributed by atoms with Crippen molar-refractivity contribution in [3.05, 3.63) is 77.4 Å². The second kappa shape index (κ2) is 9.09. The first-order valence-corrected chi connectivity index (χ1v) is 11.0. The highest BCUT2D eigenvalue weighted by atomic mass is 32.2. The molecule has 3 rings (SSSR count). The third-order valence-electron chi connectivity index (χ3n) is 4.72. The Balaban J connectivity index is 1.80. The van der Waals surface area contributed by atoms with Crippen LogP contribution in [0.5, 0.6) is 11.5 Å². The fourth-order valence-electron chi connectivity index (χ4n) is 2.95. The summed E-state index contributed by atoms with van der Waals surface area (Å²) < 4.78 is 38.3. The molecule has 0 unspecified atom stereocenters. The van der Waals surface area contributed by atoms with E-state index in [1.807, 2.05) is 6.92 Å². The number of nitrogens with one attached hydrogen (secondary N) is 2. The van der Waals surface area contributed by atoms with E-state index >= 15 is 0 Å². The van der Waals surface area contributed by atoms with Crippen LogP contribution in [0.4, 0.5) is 11.4 Å². The zero-order valence-corrected chi connectivity index (χ0v) is 18.5. The van der Waals surface area contributed by atoms with Gasteiger partial charge in [0.2, 0.25) is 0 Å². The molecule has 8 heteroatoms. The molecule has 31 heavy (non-hydrogen) atoms. The lowest BCUT2D eigenvalue weighted by Crippen LogP contribution is -2.15. The molecule has 0 saturated carbocycles. The number of anilines is 2. The number of sulfonamides is 1. The minimum Gasteiger partial charge on any atom is -0.497 e. The van der Waals surface area contributed by atoms with Crippen LogP contribution < -0.4 is 19.5 Å². The van der Waals surface area contributed by atoms with Gasteiger partial charge in [-0.05, 0) is 61.9 Å². The van der Waals surface area contributed by atoms with Gasteiger partial charge in [-0.2, -0.15) is 0 Å². The van der Waals surface area contributed by atoms with Gasteiger partial charge in [-0.15, -0.1) is 0 Å². The van der Waals surface area contributed by atoms with E-state index in [1.165, 1.54) is 14.2 Å². The molecule has 0 fully saturated rings. The molecule has 0 atom stereocenters. The van der Waals surface area contributed by atoms with Gasteiger partial charge < -0.3 is 14.8 Å². The Morgan fingerprint density at radius 3 is 2.16 bits per heavy atom. The van der Waals surface area contributed by atoms with Crippen molar-refractivity contribution < 1.29 is 22.7 Å². The summed E-state index contributed by atoms with van der Waals surface area (Å²) in [4.78, 5) is 12.9. The number of hydrogen-bond acceptors (Lipinski definition) is 5. The van der Waals surface area contributed by atoms with E-state index in [9.17, 15) is 13.2 Å². The van der Waals surface area contributed by atoms with E-state index in [2.05, 4.69) is 10.0 Å². The van der Waals surface area contributed by atoms with Crippen molar-refractivity contribution in [1.82, 2.24) is 0 Å². The first-order valence-electron chi connectivity index (χ1n) is 9.47. The number of amides is 1. The molecule has 0 aliphatic carbocycles. The fraction of sp³-hybridized carbons (Fsp3) is 0.174. The lowest BCUT2D eigenvalue weighted by Gasteiger charge is -2.14. The summed E-state index contributed by atoms with van der Waals surface area (Å²) in [6.45, 7) is 3.62. The molecule has 0 aromatic heterocycles. The number of rotatable bonds is 7. The molecular formula is C23H24N2O5S. The van der Waals surface area contributed by atoms with Gasteiger partial charge in [0.25, 0.3) is 15.9 Å². The highest BCUT2D eigenvalue weighted by Gasteiger charge is 2.17. The number of ether oxygens (including phenoxy) is 2. The lowest BCUT2D eigenvalue weighted by molar-refractivity contribution is 0.102. The van der Waals surface area contributed by atoms with Crippen LogP contribution in [0.15, 0.2) is 65.6 Å². The summed E-state index contributed by atoms with van der Waals surface area (Å²) in [7, 11) is -0.687. The summed E-state index contributed by atoms with van der Waals surface area (Å²) in [5.41, 5.74) is 2.82. The Bertz CT molecular complexity index is 1210. The summed E-state index contributed by atoms with van der Waals surface area (Å²) in [6.07, 6.45) is 0. The van der Waals surface area contributed by atoms with Gasteiger partial charge in [-0.25, -0.2) is 8.42 Å². The molecule has 162 valence electrons. The molecular weight excluding hydrogens is 416 g/mol. The summed E-state index contributed by atoms with van der Waals surface area (Å²) in [6, 6.07) is 16.4. The average molecular weight is 441 g/mol. The first kappa shape index (κ1) is 22.2. The number of benzene rings is 3. The van der Waals surface area contributed by atoms with Gasteiger partial charge in [-0.1, -0.05) is 17.7 Å². The van der Waals surface area contributed by atoms with E-state index in [-0.39, 0.29) is 10.8 Å². The van der Waals surface area contributed by atoms with Crippen molar-refractivity contribution in [2.45, 2.75) is 18.7 Å². The molecule has 1 amide bonds. The number of carbonyl (C=O) groups excluding carboxylic acids is 1. The zero-order valence-electron chi connectivity index (χ0n) is 17.7. The van der Waals surface area contributed by atoms with Gasteiger partial charge in [-0.3, -0.25) is 9.52 Å². The quantitative estimate of drug-likeness (QED) is 0.569. The van der Waals surface area contributed by atoms with Crippen molar-refractivity contribution >= 4 is 27.3 Å². The maximum absolute atomic E-state index is 12.7. The van der Waals surface area contributed by atoms with Crippen LogP contribution in [-0.2, 0) is 10.0 Å². The van der Waals surface area contributed by atoms with Crippen molar-refractivity contribution in [2.75, 3.05) is 24.3 Å². The monoisotopic (exact) mass is 440 g/mol. The molecule has 0 radical (unpaired) electrons. The van der Waals surface area contributed by atoms with Crippen molar-refractivity contribution in [3.8, 4) is 11.5 Å². The number of hydrogen-bond donors (Lipinski definition) is 2. The third kappa shape index (κ3) is 5.16. The normalized spacial score (nSPS) is 11.0. The average Bonchev–Trinajstić information content (AvgIpc) is 2.75. The Morgan fingerprint density at radius 2 is 1.55 bits per heavy atom. The zero-order chi connectivity index (χ0) is 22.6. The predicted molar refractivity (Wildman–Crippen MR) is 121 cm³/mol. The Hall–Kier alpha value is -3.52. The number of aryl methyl sites for hydroxylation is 2. The van der Waals surface area contributed by atoms with Crippen LogP contribution >= 0.6 is 0 Å². The SMILES string of the molecule is COc1ccc(OC)c(NC(=O)c2ccc(NS(=O)(=O)c3ccc(C)cc3)c(C)c2)c1. The second-order valence-corrected chi connectivity index (χ2v) is 8.65. The van der Waals surface area contributed by atoms with E-state index in [1.54, 1.807) is 67.6 Å². The summed E-state index contributed by atoms with van der Waals surface area (Å²) >= 11 is 0. The van der Waals surface area contributed by atoms with Crippen molar-refractivity contribution in [1.29, 1.82) is 0 Å². The molecule has 3 aromatic rings. The molecule has 0 bridgehead atoms. The van der Waals surface area contributed by atoms with Crippen LogP contribution in [0.25, 0.3) is 0 Å². The molecule has 0 saturated heterocycles. The Kier molecular flexibility index (Phi) is 6.50. The van der Waals surface area contributed by atoms with Gasteiger partial charge in [0, 0.05) is 11.6 Å². The molecule has 0 spiro atoms. The topological polar surface area (TPSA) is 93.7 Å². The summed E-state index contributed by atoms with van der Waals surface area (Å²) in [5.74, 6) is 0.712. The van der Waals surface area contributed by atoms with Gasteiger partial charge in [0.05, 0.1) is 30.5 Å². The molecule has 0 heterocycles. The van der Waals surface area contributed by atoms with Crippen LogP contribution in [0.2, 0.25) is 0 Å². The van der Waals surface area contributed by atoms with Crippen LogP contribution in [0.3, 0.4) is 0 Å². The van der Waals surface area contributed by atoms with E-state index in [0.717, 1.165) is 5.56 Å². The van der Waals surface area contributed by atoms with Crippen LogP contribution in [0.1, 0.15) is 21.5 Å². The Morgan fingerprint density at radius 1 is 0.839 bits per heavy atom. The molecule has 7 nitrogen and oxygen atoms in total. The van der Waals surface area contributed by atoms with Crippen molar-refractivity contribution in [2.24, 2.45) is 0 Å². The number of carbonyl (C=O) groups is 1. The number of methoxy groups -OCH3 is 2. The van der Waals surface area contributed by atoms with E-state index in [0.29, 0.717) is 34.0 Å². The highest BCUT2D eigenvalue weighted by molar-refractivity contribution is 7.92. The predicted octanol–water partition coefficient (Wildman–Crippen LogP) is 4.37. The van der Waals surface area contributed by atoms with Gasteiger partial charge >= 0.3 is 0 Å². The lowest BCUT2D eigenvalue weighted by atomic mass is 10.1. The highest BCUT2D eigenvalue weighted by Crippen LogP contribution is 2.29. The standard InChI is InChI=1S/C23H24N2O5S/c1-15-5-9-19(10-6-15)31(27,28)25-20-11-7-17(13-16(20)2)23(26)24-21-14-18(29-3)8-12-22(21)30-4/h5-14,25H,1-4H3,(H,24,26). The molecule has 0 aliphatic heterocycles. The van der Waals surface area contributed by atoms with Crippen LogP contribution in [-0.4, -0.2) is 28.5 Å². The second-order valence-electron chi connectivity index (χ2n) is 6.97.